The number of halogens is 3. The topological polar surface area (TPSA) is 32.3 Å². The van der Waals surface area contributed by atoms with Crippen LogP contribution in [-0.2, 0) is 0 Å². The van der Waals surface area contributed by atoms with Gasteiger partial charge in [-0.3, -0.25) is 0 Å². The summed E-state index contributed by atoms with van der Waals surface area (Å²) in [5.41, 5.74) is 0.792. The van der Waals surface area contributed by atoms with Crippen molar-refractivity contribution in [2.75, 3.05) is 5.32 Å². The number of phenolic OH excluding ortho intramolecular Hbond substituents is 1. The predicted molar refractivity (Wildman–Crippen MR) is 83.6 cm³/mol. The predicted octanol–water partition coefficient (Wildman–Crippen LogP) is 5.30. The van der Waals surface area contributed by atoms with Crippen LogP contribution in [0.5, 0.6) is 5.75 Å². The summed E-state index contributed by atoms with van der Waals surface area (Å²) in [5.74, 6) is -1.17. The third-order valence-electron chi connectivity index (χ3n) is 3.38. The molecular weight excluding hydrogens is 340 g/mol. The van der Waals surface area contributed by atoms with Crippen LogP contribution in [-0.4, -0.2) is 5.11 Å². The summed E-state index contributed by atoms with van der Waals surface area (Å²) in [4.78, 5) is 0. The van der Waals surface area contributed by atoms with E-state index in [9.17, 15) is 13.9 Å². The molecule has 0 amide bonds. The monoisotopic (exact) mass is 355 g/mol. The number of anilines is 1. The Morgan fingerprint density at radius 2 is 1.95 bits per heavy atom. The van der Waals surface area contributed by atoms with Gasteiger partial charge in [-0.25, -0.2) is 8.78 Å². The molecule has 2 aromatic rings. The molecule has 2 nitrogen and oxygen atoms in total. The molecule has 0 bridgehead atoms. The van der Waals surface area contributed by atoms with Crippen molar-refractivity contribution >= 4 is 21.6 Å². The van der Waals surface area contributed by atoms with Gasteiger partial charge in [-0.05, 0) is 43.2 Å². The molecule has 0 saturated carbocycles. The average Bonchev–Trinajstić information content (AvgIpc) is 2.46. The van der Waals surface area contributed by atoms with Crippen LogP contribution in [0.2, 0.25) is 0 Å². The van der Waals surface area contributed by atoms with Crippen LogP contribution in [0.3, 0.4) is 0 Å². The van der Waals surface area contributed by atoms with Crippen molar-refractivity contribution in [3.8, 4) is 5.75 Å². The van der Waals surface area contributed by atoms with Gasteiger partial charge in [-0.1, -0.05) is 28.9 Å². The van der Waals surface area contributed by atoms with Crippen molar-refractivity contribution in [3.05, 3.63) is 57.6 Å². The van der Waals surface area contributed by atoms with Gasteiger partial charge in [0.15, 0.2) is 5.82 Å². The summed E-state index contributed by atoms with van der Waals surface area (Å²) >= 11 is 3.33. The van der Waals surface area contributed by atoms with Crippen LogP contribution in [0, 0.1) is 18.6 Å². The third-order valence-corrected chi connectivity index (χ3v) is 3.87. The minimum absolute atomic E-state index is 0.0889. The van der Waals surface area contributed by atoms with E-state index in [2.05, 4.69) is 21.2 Å². The quantitative estimate of drug-likeness (QED) is 0.779. The molecule has 2 rings (SSSR count). The molecule has 0 aliphatic carbocycles. The number of nitrogens with one attached hydrogen (secondary N) is 1. The van der Waals surface area contributed by atoms with Gasteiger partial charge in [0.25, 0.3) is 0 Å². The highest BCUT2D eigenvalue weighted by atomic mass is 79.9. The van der Waals surface area contributed by atoms with Crippen LogP contribution in [0.4, 0.5) is 14.5 Å². The number of hydrogen-bond acceptors (Lipinski definition) is 2. The first-order valence-electron chi connectivity index (χ1n) is 6.63. The Morgan fingerprint density at radius 3 is 2.62 bits per heavy atom. The van der Waals surface area contributed by atoms with E-state index in [1.54, 1.807) is 25.1 Å². The Labute approximate surface area is 130 Å². The van der Waals surface area contributed by atoms with Crippen LogP contribution < -0.4 is 5.32 Å². The molecule has 5 heteroatoms. The molecule has 1 atom stereocenters. The summed E-state index contributed by atoms with van der Waals surface area (Å²) in [6.45, 7) is 3.46. The van der Waals surface area contributed by atoms with E-state index in [0.717, 1.165) is 4.47 Å². The molecule has 2 N–H and O–H groups in total. The fourth-order valence-corrected chi connectivity index (χ4v) is 2.55. The molecule has 1 unspecified atom stereocenters. The lowest BCUT2D eigenvalue weighted by atomic mass is 10.0. The van der Waals surface area contributed by atoms with E-state index in [1.165, 1.54) is 12.1 Å². The first kappa shape index (κ1) is 15.8. The maximum atomic E-state index is 14.1. The molecule has 0 aliphatic heterocycles. The smallest absolute Gasteiger partial charge is 0.152 e. The zero-order chi connectivity index (χ0) is 15.6. The van der Waals surface area contributed by atoms with E-state index < -0.39 is 17.7 Å². The minimum Gasteiger partial charge on any atom is -0.508 e. The second-order valence-corrected chi connectivity index (χ2v) is 5.78. The lowest BCUT2D eigenvalue weighted by Gasteiger charge is -2.21. The van der Waals surface area contributed by atoms with Gasteiger partial charge in [0, 0.05) is 10.0 Å². The maximum absolute atomic E-state index is 14.1. The normalized spacial score (nSPS) is 12.2. The van der Waals surface area contributed by atoms with E-state index in [0.29, 0.717) is 17.5 Å². The number of aromatic hydroxyl groups is 1. The summed E-state index contributed by atoms with van der Waals surface area (Å²) in [6.07, 6.45) is 0.566. The minimum atomic E-state index is -0.647. The number of rotatable bonds is 4. The van der Waals surface area contributed by atoms with E-state index in [-0.39, 0.29) is 11.4 Å². The first-order chi connectivity index (χ1) is 9.93. The molecule has 0 spiro atoms. The molecular formula is C16H16BrF2NO. The van der Waals surface area contributed by atoms with Gasteiger partial charge < -0.3 is 10.4 Å². The van der Waals surface area contributed by atoms with Gasteiger partial charge in [-0.2, -0.15) is 0 Å². The standard InChI is InChI=1S/C16H16BrF2NO/c1-3-13(11-8-10(17)5-7-14(11)21)20-16-12(18)6-4-9(2)15(16)19/h4-8,13,20-21H,3H2,1-2H3. The van der Waals surface area contributed by atoms with E-state index in [4.69, 9.17) is 0 Å². The van der Waals surface area contributed by atoms with Gasteiger partial charge in [0.2, 0.25) is 0 Å². The number of phenols is 1. The largest absolute Gasteiger partial charge is 0.508 e. The van der Waals surface area contributed by atoms with Gasteiger partial charge in [0.05, 0.1) is 6.04 Å². The average molecular weight is 356 g/mol. The van der Waals surface area contributed by atoms with Gasteiger partial charge >= 0.3 is 0 Å². The van der Waals surface area contributed by atoms with Crippen molar-refractivity contribution < 1.29 is 13.9 Å². The molecule has 2 aromatic carbocycles. The van der Waals surface area contributed by atoms with Crippen LogP contribution in [0.15, 0.2) is 34.8 Å². The highest BCUT2D eigenvalue weighted by Crippen LogP contribution is 2.33. The van der Waals surface area contributed by atoms with Crippen LogP contribution in [0.25, 0.3) is 0 Å². The highest BCUT2D eigenvalue weighted by Gasteiger charge is 2.19. The summed E-state index contributed by atoms with van der Waals surface area (Å²) in [6, 6.07) is 7.23. The van der Waals surface area contributed by atoms with Crippen molar-refractivity contribution in [3.63, 3.8) is 0 Å². The van der Waals surface area contributed by atoms with Crippen molar-refractivity contribution in [1.82, 2.24) is 0 Å². The zero-order valence-electron chi connectivity index (χ0n) is 11.8. The summed E-state index contributed by atoms with van der Waals surface area (Å²) < 4.78 is 28.7. The molecule has 0 saturated heterocycles. The Balaban J connectivity index is 2.40. The first-order valence-corrected chi connectivity index (χ1v) is 7.42. The summed E-state index contributed by atoms with van der Waals surface area (Å²) in [5, 5.41) is 12.8. The van der Waals surface area contributed by atoms with Crippen molar-refractivity contribution in [2.24, 2.45) is 0 Å². The second-order valence-electron chi connectivity index (χ2n) is 4.86. The van der Waals surface area contributed by atoms with E-state index in [1.807, 2.05) is 6.92 Å². The number of hydrogen-bond donors (Lipinski definition) is 2. The Morgan fingerprint density at radius 1 is 1.24 bits per heavy atom. The number of aryl methyl sites for hydroxylation is 1. The second kappa shape index (κ2) is 6.43. The van der Waals surface area contributed by atoms with E-state index >= 15 is 0 Å². The highest BCUT2D eigenvalue weighted by molar-refractivity contribution is 9.10. The maximum Gasteiger partial charge on any atom is 0.152 e. The fourth-order valence-electron chi connectivity index (χ4n) is 2.17. The Hall–Kier alpha value is -1.62. The van der Waals surface area contributed by atoms with Crippen molar-refractivity contribution in [1.29, 1.82) is 0 Å². The van der Waals surface area contributed by atoms with Gasteiger partial charge in [-0.15, -0.1) is 0 Å². The molecule has 21 heavy (non-hydrogen) atoms. The van der Waals surface area contributed by atoms with Gasteiger partial charge in [0.1, 0.15) is 17.3 Å². The molecule has 112 valence electrons. The zero-order valence-corrected chi connectivity index (χ0v) is 13.3. The Kier molecular flexibility index (Phi) is 4.83. The Bertz CT molecular complexity index is 661. The number of benzene rings is 2. The lowest BCUT2D eigenvalue weighted by molar-refractivity contribution is 0.462. The molecule has 0 aromatic heterocycles. The molecule has 0 fully saturated rings. The molecule has 0 radical (unpaired) electrons. The van der Waals surface area contributed by atoms with Crippen LogP contribution >= 0.6 is 15.9 Å². The SMILES string of the molecule is CCC(Nc1c(F)ccc(C)c1F)c1cc(Br)ccc1O. The fraction of sp³-hybridized carbons (Fsp3) is 0.250. The molecule has 0 aliphatic rings. The summed E-state index contributed by atoms with van der Waals surface area (Å²) in [7, 11) is 0. The van der Waals surface area contributed by atoms with Crippen LogP contribution in [0.1, 0.15) is 30.5 Å². The molecule has 0 heterocycles. The van der Waals surface area contributed by atoms with Crippen molar-refractivity contribution in [2.45, 2.75) is 26.3 Å². The third kappa shape index (κ3) is 3.35. The lowest BCUT2D eigenvalue weighted by Crippen LogP contribution is -2.13.